The number of primary amides is 1. The molecule has 0 spiro atoms. The Morgan fingerprint density at radius 3 is 2.44 bits per heavy atom. The Bertz CT molecular complexity index is 1360. The summed E-state index contributed by atoms with van der Waals surface area (Å²) in [6.07, 6.45) is -2.40. The number of halogens is 3. The number of aromatic nitrogens is 5. The topological polar surface area (TPSA) is 118 Å². The first kappa shape index (κ1) is 22.7. The fourth-order valence-electron chi connectivity index (χ4n) is 3.28. The molecule has 2 aromatic heterocycles. The number of nitrogens with two attached hydrogens (primary N) is 1. The van der Waals surface area contributed by atoms with Crippen LogP contribution in [0.3, 0.4) is 0 Å². The van der Waals surface area contributed by atoms with Crippen molar-refractivity contribution in [3.05, 3.63) is 77.7 Å². The molecule has 1 amide bonds. The van der Waals surface area contributed by atoms with Gasteiger partial charge in [0.25, 0.3) is 0 Å². The molecule has 0 aliphatic rings. The summed E-state index contributed by atoms with van der Waals surface area (Å²) in [5.41, 5.74) is 5.42. The Balaban J connectivity index is 1.65. The molecule has 0 saturated carbocycles. The highest BCUT2D eigenvalue weighted by molar-refractivity contribution is 5.94. The van der Waals surface area contributed by atoms with Crippen LogP contribution in [-0.4, -0.2) is 43.3 Å². The van der Waals surface area contributed by atoms with E-state index < -0.39 is 29.3 Å². The lowest BCUT2D eigenvalue weighted by atomic mass is 10.1. The van der Waals surface area contributed by atoms with Crippen LogP contribution in [0.15, 0.2) is 60.9 Å². The number of esters is 1. The lowest BCUT2D eigenvalue weighted by Crippen LogP contribution is -2.18. The van der Waals surface area contributed by atoms with Gasteiger partial charge >= 0.3 is 12.1 Å². The van der Waals surface area contributed by atoms with Crippen molar-refractivity contribution in [2.45, 2.75) is 13.1 Å². The standard InChI is InChI=1S/C22H17F3N6O3/c1-2-34-21(33)17-11-27-31(19(17)22(23,24)25)16-8-6-15(7-9-16)30-12-18(28-29-30)13-4-3-5-14(10-13)20(26)32/h3-12H,2H2,1H3,(H2,26,32). The number of nitrogens with zero attached hydrogens (tertiary/aromatic N) is 5. The normalized spacial score (nSPS) is 11.4. The van der Waals surface area contributed by atoms with Gasteiger partial charge in [0.15, 0.2) is 5.69 Å². The molecule has 0 saturated heterocycles. The largest absolute Gasteiger partial charge is 0.462 e. The third-order valence-corrected chi connectivity index (χ3v) is 4.83. The Hall–Kier alpha value is -4.48. The molecule has 2 heterocycles. The lowest BCUT2D eigenvalue weighted by molar-refractivity contribution is -0.143. The molecule has 0 radical (unpaired) electrons. The number of hydrogen-bond donors (Lipinski definition) is 1. The molecule has 0 fully saturated rings. The molecule has 174 valence electrons. The van der Waals surface area contributed by atoms with E-state index in [0.717, 1.165) is 6.20 Å². The molecule has 4 rings (SSSR count). The van der Waals surface area contributed by atoms with Gasteiger partial charge in [-0.3, -0.25) is 4.79 Å². The highest BCUT2D eigenvalue weighted by atomic mass is 19.4. The molecule has 0 bridgehead atoms. The van der Waals surface area contributed by atoms with Crippen molar-refractivity contribution in [2.75, 3.05) is 6.61 Å². The molecular weight excluding hydrogens is 453 g/mol. The summed E-state index contributed by atoms with van der Waals surface area (Å²) in [5, 5.41) is 11.9. The highest BCUT2D eigenvalue weighted by Gasteiger charge is 2.41. The Labute approximate surface area is 190 Å². The van der Waals surface area contributed by atoms with Gasteiger partial charge < -0.3 is 10.5 Å². The van der Waals surface area contributed by atoms with Gasteiger partial charge in [-0.05, 0) is 43.3 Å². The van der Waals surface area contributed by atoms with Gasteiger partial charge in [0, 0.05) is 11.1 Å². The van der Waals surface area contributed by atoms with E-state index in [0.29, 0.717) is 27.2 Å². The third-order valence-electron chi connectivity index (χ3n) is 4.83. The Morgan fingerprint density at radius 1 is 1.09 bits per heavy atom. The molecule has 0 unspecified atom stereocenters. The number of rotatable bonds is 6. The zero-order valence-corrected chi connectivity index (χ0v) is 17.7. The lowest BCUT2D eigenvalue weighted by Gasteiger charge is -2.12. The molecule has 34 heavy (non-hydrogen) atoms. The number of hydrogen-bond acceptors (Lipinski definition) is 6. The fraction of sp³-hybridized carbons (Fsp3) is 0.136. The minimum absolute atomic E-state index is 0.0667. The van der Waals surface area contributed by atoms with Crippen molar-refractivity contribution < 1.29 is 27.5 Å². The SMILES string of the molecule is CCOC(=O)c1cnn(-c2ccc(-n3cc(-c4cccc(C(N)=O)c4)nn3)cc2)c1C(F)(F)F. The van der Waals surface area contributed by atoms with Gasteiger partial charge in [0.2, 0.25) is 5.91 Å². The van der Waals surface area contributed by atoms with Crippen molar-refractivity contribution in [1.82, 2.24) is 24.8 Å². The first-order valence-corrected chi connectivity index (χ1v) is 9.94. The van der Waals surface area contributed by atoms with Crippen molar-refractivity contribution in [1.29, 1.82) is 0 Å². The zero-order chi connectivity index (χ0) is 24.5. The first-order chi connectivity index (χ1) is 16.2. The third kappa shape index (κ3) is 4.37. The average molecular weight is 470 g/mol. The monoisotopic (exact) mass is 470 g/mol. The van der Waals surface area contributed by atoms with E-state index in [1.807, 2.05) is 0 Å². The van der Waals surface area contributed by atoms with E-state index in [-0.39, 0.29) is 12.3 Å². The van der Waals surface area contributed by atoms with E-state index in [1.54, 1.807) is 30.5 Å². The number of carbonyl (C=O) groups excluding carboxylic acids is 2. The number of benzene rings is 2. The average Bonchev–Trinajstić information content (AvgIpc) is 3.47. The predicted octanol–water partition coefficient (Wildman–Crippen LogP) is 3.41. The fourth-order valence-corrected chi connectivity index (χ4v) is 3.28. The summed E-state index contributed by atoms with van der Waals surface area (Å²) in [7, 11) is 0. The van der Waals surface area contributed by atoms with Crippen LogP contribution < -0.4 is 5.73 Å². The summed E-state index contributed by atoms with van der Waals surface area (Å²) >= 11 is 0. The minimum atomic E-state index is -4.84. The number of carbonyl (C=O) groups is 2. The van der Waals surface area contributed by atoms with Crippen molar-refractivity contribution in [3.63, 3.8) is 0 Å². The maximum Gasteiger partial charge on any atom is 0.434 e. The molecule has 9 nitrogen and oxygen atoms in total. The van der Waals surface area contributed by atoms with E-state index in [2.05, 4.69) is 15.4 Å². The first-order valence-electron chi connectivity index (χ1n) is 9.94. The summed E-state index contributed by atoms with van der Waals surface area (Å²) in [6.45, 7) is 1.43. The van der Waals surface area contributed by atoms with Crippen LogP contribution in [0.4, 0.5) is 13.2 Å². The number of alkyl halides is 3. The van der Waals surface area contributed by atoms with Crippen LogP contribution in [-0.2, 0) is 10.9 Å². The Kier molecular flexibility index (Phi) is 5.88. The summed E-state index contributed by atoms with van der Waals surface area (Å²) in [4.78, 5) is 23.3. The van der Waals surface area contributed by atoms with E-state index in [9.17, 15) is 22.8 Å². The second-order valence-corrected chi connectivity index (χ2v) is 7.05. The molecule has 2 N–H and O–H groups in total. The van der Waals surface area contributed by atoms with Gasteiger partial charge in [-0.15, -0.1) is 5.10 Å². The molecule has 0 atom stereocenters. The van der Waals surface area contributed by atoms with Crippen LogP contribution >= 0.6 is 0 Å². The summed E-state index contributed by atoms with van der Waals surface area (Å²) < 4.78 is 47.9. The van der Waals surface area contributed by atoms with E-state index in [4.69, 9.17) is 10.5 Å². The van der Waals surface area contributed by atoms with Crippen molar-refractivity contribution in [2.24, 2.45) is 5.73 Å². The molecule has 2 aromatic carbocycles. The van der Waals surface area contributed by atoms with Gasteiger partial charge in [0.05, 0.1) is 30.4 Å². The zero-order valence-electron chi connectivity index (χ0n) is 17.7. The number of amides is 1. The van der Waals surface area contributed by atoms with Crippen LogP contribution in [0.2, 0.25) is 0 Å². The Morgan fingerprint density at radius 2 is 1.79 bits per heavy atom. The van der Waals surface area contributed by atoms with Crippen molar-refractivity contribution >= 4 is 11.9 Å². The maximum absolute atomic E-state index is 13.7. The molecule has 12 heteroatoms. The van der Waals surface area contributed by atoms with Crippen LogP contribution in [0, 0.1) is 0 Å². The molecule has 4 aromatic rings. The smallest absolute Gasteiger partial charge is 0.434 e. The predicted molar refractivity (Wildman–Crippen MR) is 113 cm³/mol. The second kappa shape index (κ2) is 8.81. The molecular formula is C22H17F3N6O3. The van der Waals surface area contributed by atoms with Gasteiger partial charge in [-0.2, -0.15) is 18.3 Å². The van der Waals surface area contributed by atoms with Gasteiger partial charge in [-0.25, -0.2) is 14.2 Å². The molecule has 0 aliphatic carbocycles. The minimum Gasteiger partial charge on any atom is -0.462 e. The van der Waals surface area contributed by atoms with Gasteiger partial charge in [-0.1, -0.05) is 17.3 Å². The number of ether oxygens (including phenoxy) is 1. The van der Waals surface area contributed by atoms with E-state index >= 15 is 0 Å². The quantitative estimate of drug-likeness (QED) is 0.432. The van der Waals surface area contributed by atoms with Crippen molar-refractivity contribution in [3.8, 4) is 22.6 Å². The van der Waals surface area contributed by atoms with Gasteiger partial charge in [0.1, 0.15) is 11.3 Å². The maximum atomic E-state index is 13.7. The highest BCUT2D eigenvalue weighted by Crippen LogP contribution is 2.34. The van der Waals surface area contributed by atoms with E-state index in [1.165, 1.54) is 35.9 Å². The van der Waals surface area contributed by atoms with Crippen LogP contribution in [0.25, 0.3) is 22.6 Å². The summed E-state index contributed by atoms with van der Waals surface area (Å²) in [6, 6.07) is 12.4. The summed E-state index contributed by atoms with van der Waals surface area (Å²) in [5.74, 6) is -1.68. The molecule has 0 aliphatic heterocycles. The van der Waals surface area contributed by atoms with Crippen LogP contribution in [0.1, 0.15) is 33.3 Å². The second-order valence-electron chi connectivity index (χ2n) is 7.05. The van der Waals surface area contributed by atoms with Crippen LogP contribution in [0.5, 0.6) is 0 Å².